The molecule has 36 heavy (non-hydrogen) atoms. The van der Waals surface area contributed by atoms with Crippen molar-refractivity contribution in [2.75, 3.05) is 6.26 Å². The topological polar surface area (TPSA) is 65.4 Å². The Labute approximate surface area is 222 Å². The monoisotopic (exact) mass is 539 g/mol. The average molecular weight is 540 g/mol. The Hall–Kier alpha value is -2.68. The van der Waals surface area contributed by atoms with Crippen molar-refractivity contribution in [3.8, 4) is 0 Å². The first kappa shape index (κ1) is 26.4. The third-order valence-corrected chi connectivity index (χ3v) is 8.49. The van der Waals surface area contributed by atoms with E-state index in [9.17, 15) is 13.2 Å². The van der Waals surface area contributed by atoms with Gasteiger partial charge in [0.1, 0.15) is 12.1 Å². The van der Waals surface area contributed by atoms with Crippen molar-refractivity contribution in [1.82, 2.24) is 4.57 Å². The quantitative estimate of drug-likeness (QED) is 0.261. The van der Waals surface area contributed by atoms with Crippen molar-refractivity contribution in [1.29, 1.82) is 0 Å². The average Bonchev–Trinajstić information content (AvgIpc) is 3.04. The van der Waals surface area contributed by atoms with Crippen molar-refractivity contribution < 1.29 is 17.9 Å². The number of sulfone groups is 1. The summed E-state index contributed by atoms with van der Waals surface area (Å²) in [6.07, 6.45) is 8.02. The molecule has 1 aliphatic carbocycles. The van der Waals surface area contributed by atoms with Crippen molar-refractivity contribution in [3.63, 3.8) is 0 Å². The molecule has 0 aliphatic heterocycles. The van der Waals surface area contributed by atoms with Gasteiger partial charge in [-0.15, -0.1) is 0 Å². The van der Waals surface area contributed by atoms with E-state index >= 15 is 0 Å². The van der Waals surface area contributed by atoms with Crippen molar-refractivity contribution in [2.24, 2.45) is 0 Å². The van der Waals surface area contributed by atoms with Crippen LogP contribution in [0, 0.1) is 6.92 Å². The number of rotatable bonds is 6. The van der Waals surface area contributed by atoms with Gasteiger partial charge in [-0.25, -0.2) is 8.42 Å². The minimum Gasteiger partial charge on any atom is -0.459 e. The molecule has 0 N–H and O–H groups in total. The maximum Gasteiger partial charge on any atom is 0.326 e. The van der Waals surface area contributed by atoms with Gasteiger partial charge < -0.3 is 9.30 Å². The fourth-order valence-electron chi connectivity index (χ4n) is 4.20. The molecule has 2 aromatic carbocycles. The van der Waals surface area contributed by atoms with Gasteiger partial charge in [-0.1, -0.05) is 54.3 Å². The highest BCUT2D eigenvalue weighted by Gasteiger charge is 2.24. The lowest BCUT2D eigenvalue weighted by Gasteiger charge is -2.20. The van der Waals surface area contributed by atoms with E-state index in [-0.39, 0.29) is 17.4 Å². The normalized spacial score (nSPS) is 14.2. The summed E-state index contributed by atoms with van der Waals surface area (Å²) in [5.74, 6) is -0.308. The molecular formula is C28H29NO4S3. The second-order valence-corrected chi connectivity index (χ2v) is 13.4. The van der Waals surface area contributed by atoms with Crippen LogP contribution in [0.25, 0.3) is 16.5 Å². The Morgan fingerprint density at radius 3 is 2.44 bits per heavy atom. The molecule has 0 radical (unpaired) electrons. The van der Waals surface area contributed by atoms with Gasteiger partial charge >= 0.3 is 5.97 Å². The summed E-state index contributed by atoms with van der Waals surface area (Å²) in [6.45, 7) is 7.65. The lowest BCUT2D eigenvalue weighted by Crippen LogP contribution is -2.26. The summed E-state index contributed by atoms with van der Waals surface area (Å²) >= 11 is 7.25. The van der Waals surface area contributed by atoms with Gasteiger partial charge in [0.05, 0.1) is 10.4 Å². The zero-order valence-electron chi connectivity index (χ0n) is 21.0. The van der Waals surface area contributed by atoms with E-state index in [0.717, 1.165) is 42.4 Å². The molecule has 0 unspecified atom stereocenters. The van der Waals surface area contributed by atoms with Gasteiger partial charge in [0.15, 0.2) is 9.84 Å². The fraction of sp³-hybridized carbons (Fsp3) is 0.286. The number of carbonyl (C=O) groups is 1. The Morgan fingerprint density at radius 1 is 1.14 bits per heavy atom. The van der Waals surface area contributed by atoms with Crippen LogP contribution in [0.3, 0.4) is 0 Å². The Morgan fingerprint density at radius 2 is 1.83 bits per heavy atom. The van der Waals surface area contributed by atoms with Gasteiger partial charge in [-0.2, -0.15) is 0 Å². The van der Waals surface area contributed by atoms with E-state index in [4.69, 9.17) is 17.0 Å². The van der Waals surface area contributed by atoms with Gasteiger partial charge in [0.2, 0.25) is 0 Å². The van der Waals surface area contributed by atoms with Crippen molar-refractivity contribution in [2.45, 2.75) is 60.9 Å². The molecule has 0 atom stereocenters. The Balaban J connectivity index is 1.87. The number of allylic oxidation sites excluding steroid dienone is 4. The SMILES string of the molecule is Cc1c(Sc2ccc(S(C)(=O)=O)cc2)c2c(C3=CC=CCC3=S)cccc2n1CC(=O)OC(C)(C)C. The summed E-state index contributed by atoms with van der Waals surface area (Å²) in [7, 11) is -3.28. The minimum absolute atomic E-state index is 0.0834. The highest BCUT2D eigenvalue weighted by molar-refractivity contribution is 7.99. The molecule has 0 fully saturated rings. The van der Waals surface area contributed by atoms with Gasteiger partial charge in [-0.05, 0) is 69.2 Å². The Bertz CT molecular complexity index is 1520. The third kappa shape index (κ3) is 5.66. The summed E-state index contributed by atoms with van der Waals surface area (Å²) < 4.78 is 31.4. The first-order chi connectivity index (χ1) is 16.8. The predicted octanol–water partition coefficient (Wildman–Crippen LogP) is 6.56. The van der Waals surface area contributed by atoms with Crippen LogP contribution < -0.4 is 0 Å². The van der Waals surface area contributed by atoms with Crippen LogP contribution in [0.1, 0.15) is 38.4 Å². The number of fused-ring (bicyclic) bond motifs is 1. The minimum atomic E-state index is -3.28. The first-order valence-corrected chi connectivity index (χ1v) is 14.7. The van der Waals surface area contributed by atoms with Gasteiger partial charge in [-0.3, -0.25) is 4.79 Å². The van der Waals surface area contributed by atoms with Crippen LogP contribution in [0.4, 0.5) is 0 Å². The molecule has 1 aliphatic rings. The standard InChI is InChI=1S/C28H29NO4S3/c1-18-27(35-19-13-15-20(16-14-19)36(5,31)32)26-22(21-9-6-7-12-24(21)34)10-8-11-23(26)29(18)17-25(30)33-28(2,3)4/h6-11,13-16H,12,17H2,1-5H3. The molecule has 5 nitrogen and oxygen atoms in total. The summed E-state index contributed by atoms with van der Waals surface area (Å²) in [5.41, 5.74) is 3.29. The second kappa shape index (κ2) is 10.00. The summed E-state index contributed by atoms with van der Waals surface area (Å²) in [5, 5.41) is 1.01. The fourth-order valence-corrected chi connectivity index (χ4v) is 6.19. The van der Waals surface area contributed by atoms with Crippen LogP contribution in [0.2, 0.25) is 0 Å². The summed E-state index contributed by atoms with van der Waals surface area (Å²) in [4.78, 5) is 15.9. The lowest BCUT2D eigenvalue weighted by molar-refractivity contribution is -0.155. The first-order valence-electron chi connectivity index (χ1n) is 11.6. The maximum absolute atomic E-state index is 12.8. The molecule has 0 saturated heterocycles. The van der Waals surface area contributed by atoms with E-state index in [1.807, 2.05) is 74.8 Å². The van der Waals surface area contributed by atoms with Crippen molar-refractivity contribution >= 4 is 61.1 Å². The molecule has 0 saturated carbocycles. The molecule has 0 bridgehead atoms. The van der Waals surface area contributed by atoms with Crippen LogP contribution in [-0.4, -0.2) is 35.7 Å². The molecule has 1 aromatic heterocycles. The number of carbonyl (C=O) groups excluding carboxylic acids is 1. The Kier molecular flexibility index (Phi) is 7.33. The number of esters is 1. The molecule has 4 rings (SSSR count). The highest BCUT2D eigenvalue weighted by Crippen LogP contribution is 2.42. The number of benzene rings is 2. The number of hydrogen-bond donors (Lipinski definition) is 0. The molecule has 188 valence electrons. The highest BCUT2D eigenvalue weighted by atomic mass is 32.2. The zero-order chi connectivity index (χ0) is 26.3. The lowest BCUT2D eigenvalue weighted by atomic mass is 9.94. The number of nitrogens with zero attached hydrogens (tertiary/aromatic N) is 1. The molecule has 0 spiro atoms. The van der Waals surface area contributed by atoms with E-state index in [1.54, 1.807) is 23.9 Å². The van der Waals surface area contributed by atoms with Crippen LogP contribution in [0.15, 0.2) is 75.4 Å². The molecular weight excluding hydrogens is 511 g/mol. The predicted molar refractivity (Wildman–Crippen MR) is 151 cm³/mol. The van der Waals surface area contributed by atoms with E-state index in [0.29, 0.717) is 6.42 Å². The number of ether oxygens (including phenoxy) is 1. The molecule has 8 heteroatoms. The summed E-state index contributed by atoms with van der Waals surface area (Å²) in [6, 6.07) is 12.9. The van der Waals surface area contributed by atoms with Crippen LogP contribution >= 0.6 is 24.0 Å². The largest absolute Gasteiger partial charge is 0.459 e. The third-order valence-electron chi connectivity index (χ3n) is 5.77. The van der Waals surface area contributed by atoms with Crippen LogP contribution in [-0.2, 0) is 25.9 Å². The second-order valence-electron chi connectivity index (χ2n) is 9.77. The van der Waals surface area contributed by atoms with Crippen LogP contribution in [0.5, 0.6) is 0 Å². The maximum atomic E-state index is 12.8. The number of aromatic nitrogens is 1. The van der Waals surface area contributed by atoms with E-state index in [2.05, 4.69) is 6.07 Å². The number of thiocarbonyl (C=S) groups is 1. The van der Waals surface area contributed by atoms with Gasteiger partial charge in [0, 0.05) is 38.4 Å². The molecule has 3 aromatic rings. The van der Waals surface area contributed by atoms with E-state index < -0.39 is 15.4 Å². The van der Waals surface area contributed by atoms with Gasteiger partial charge in [0.25, 0.3) is 0 Å². The zero-order valence-corrected chi connectivity index (χ0v) is 23.4. The van der Waals surface area contributed by atoms with E-state index in [1.165, 1.54) is 6.26 Å². The number of hydrogen-bond acceptors (Lipinski definition) is 6. The van der Waals surface area contributed by atoms with Crippen molar-refractivity contribution in [3.05, 3.63) is 72.0 Å². The molecule has 0 amide bonds. The molecule has 1 heterocycles. The smallest absolute Gasteiger partial charge is 0.326 e.